The highest BCUT2D eigenvalue weighted by Gasteiger charge is 2.24. The Kier molecular flexibility index (Phi) is 2.03. The zero-order valence-electron chi connectivity index (χ0n) is 9.89. The van der Waals surface area contributed by atoms with Gasteiger partial charge in [-0.25, -0.2) is 4.98 Å². The molecule has 2 fully saturated rings. The number of nitrogens with one attached hydrogen (secondary N) is 1. The van der Waals surface area contributed by atoms with Crippen LogP contribution in [0.5, 0.6) is 0 Å². The van der Waals surface area contributed by atoms with Crippen LogP contribution in [0.2, 0.25) is 0 Å². The quantitative estimate of drug-likeness (QED) is 0.854. The van der Waals surface area contributed by atoms with E-state index in [0.717, 1.165) is 18.1 Å². The van der Waals surface area contributed by atoms with Crippen LogP contribution in [-0.4, -0.2) is 15.9 Å². The summed E-state index contributed by atoms with van der Waals surface area (Å²) in [5.74, 6) is 0.815. The Bertz CT molecular complexity index is 548. The largest absolute Gasteiger partial charge is 0.309 e. The molecule has 3 heterocycles. The van der Waals surface area contributed by atoms with Gasteiger partial charge >= 0.3 is 0 Å². The Labute approximate surface area is 101 Å². The maximum Gasteiger partial charge on any atom is 0.137 e. The fourth-order valence-corrected chi connectivity index (χ4v) is 2.79. The van der Waals surface area contributed by atoms with Gasteiger partial charge in [0.05, 0.1) is 11.7 Å². The summed E-state index contributed by atoms with van der Waals surface area (Å²) < 4.78 is 2.20. The summed E-state index contributed by atoms with van der Waals surface area (Å²) in [4.78, 5) is 4.72. The summed E-state index contributed by atoms with van der Waals surface area (Å²) >= 11 is 0. The molecule has 0 radical (unpaired) electrons. The first-order valence-corrected chi connectivity index (χ1v) is 6.62. The third-order valence-electron chi connectivity index (χ3n) is 3.96. The van der Waals surface area contributed by atoms with Crippen LogP contribution < -0.4 is 5.32 Å². The minimum atomic E-state index is 0.472. The van der Waals surface area contributed by atoms with E-state index in [2.05, 4.69) is 34.2 Å². The number of nitrogens with zero attached hydrogens (tertiary/aromatic N) is 2. The highest BCUT2D eigenvalue weighted by Crippen LogP contribution is 2.40. The van der Waals surface area contributed by atoms with Crippen LogP contribution in [-0.2, 0) is 0 Å². The van der Waals surface area contributed by atoms with Crippen molar-refractivity contribution in [1.29, 1.82) is 0 Å². The van der Waals surface area contributed by atoms with Crippen molar-refractivity contribution >= 4 is 5.65 Å². The summed E-state index contributed by atoms with van der Waals surface area (Å²) in [5, 5.41) is 3.51. The molecule has 0 amide bonds. The van der Waals surface area contributed by atoms with E-state index in [9.17, 15) is 0 Å². The monoisotopic (exact) mass is 227 g/mol. The van der Waals surface area contributed by atoms with Gasteiger partial charge in [-0.1, -0.05) is 6.07 Å². The summed E-state index contributed by atoms with van der Waals surface area (Å²) in [6, 6.07) is 4.87. The molecule has 1 atom stereocenters. The van der Waals surface area contributed by atoms with Crippen LogP contribution >= 0.6 is 0 Å². The lowest BCUT2D eigenvalue weighted by Gasteiger charge is -2.04. The topological polar surface area (TPSA) is 29.3 Å². The lowest BCUT2D eigenvalue weighted by atomic mass is 10.2. The van der Waals surface area contributed by atoms with Crippen LogP contribution in [0.1, 0.15) is 48.9 Å². The van der Waals surface area contributed by atoms with Gasteiger partial charge in [0.15, 0.2) is 0 Å². The van der Waals surface area contributed by atoms with Crippen LogP contribution in [0.3, 0.4) is 0 Å². The Balaban J connectivity index is 1.74. The van der Waals surface area contributed by atoms with Crippen molar-refractivity contribution in [2.45, 2.75) is 37.6 Å². The average molecular weight is 227 g/mol. The second-order valence-corrected chi connectivity index (χ2v) is 5.32. The van der Waals surface area contributed by atoms with Gasteiger partial charge in [0.1, 0.15) is 5.65 Å². The number of hydrogen-bond acceptors (Lipinski definition) is 2. The summed E-state index contributed by atoms with van der Waals surface area (Å²) in [7, 11) is 0. The summed E-state index contributed by atoms with van der Waals surface area (Å²) in [6.45, 7) is 1.13. The van der Waals surface area contributed by atoms with Crippen molar-refractivity contribution in [2.75, 3.05) is 6.54 Å². The molecule has 1 saturated carbocycles. The number of rotatable bonds is 2. The lowest BCUT2D eigenvalue weighted by Crippen LogP contribution is -2.12. The smallest absolute Gasteiger partial charge is 0.137 e. The van der Waals surface area contributed by atoms with E-state index in [4.69, 9.17) is 4.98 Å². The second kappa shape index (κ2) is 3.57. The number of aromatic nitrogens is 2. The molecule has 0 unspecified atom stereocenters. The van der Waals surface area contributed by atoms with Gasteiger partial charge in [-0.15, -0.1) is 0 Å². The number of fused-ring (bicyclic) bond motifs is 1. The third-order valence-corrected chi connectivity index (χ3v) is 3.96. The van der Waals surface area contributed by atoms with Gasteiger partial charge in [0.2, 0.25) is 0 Å². The normalized spacial score (nSPS) is 24.6. The predicted octanol–water partition coefficient (Wildman–Crippen LogP) is 2.64. The molecule has 3 nitrogen and oxygen atoms in total. The van der Waals surface area contributed by atoms with Crippen LogP contribution in [0.4, 0.5) is 0 Å². The van der Waals surface area contributed by atoms with Crippen LogP contribution in [0.15, 0.2) is 24.5 Å². The third kappa shape index (κ3) is 1.65. The van der Waals surface area contributed by atoms with E-state index in [1.54, 1.807) is 0 Å². The van der Waals surface area contributed by atoms with Crippen molar-refractivity contribution in [3.05, 3.63) is 35.8 Å². The summed E-state index contributed by atoms with van der Waals surface area (Å²) in [5.41, 5.74) is 3.76. The standard InChI is InChI=1S/C14H17N3/c1-2-12(15-7-1)13-9-17-8-11(10-3-4-10)5-6-14(17)16-13/h5-6,8-10,12,15H,1-4,7H2/t12-/m1/s1. The molecule has 88 valence electrons. The van der Waals surface area contributed by atoms with E-state index < -0.39 is 0 Å². The minimum Gasteiger partial charge on any atom is -0.309 e. The first-order chi connectivity index (χ1) is 8.40. The van der Waals surface area contributed by atoms with Crippen molar-refractivity contribution in [2.24, 2.45) is 0 Å². The lowest BCUT2D eigenvalue weighted by molar-refractivity contribution is 0.632. The van der Waals surface area contributed by atoms with Crippen molar-refractivity contribution in [1.82, 2.24) is 14.7 Å². The van der Waals surface area contributed by atoms with Gasteiger partial charge < -0.3 is 9.72 Å². The van der Waals surface area contributed by atoms with Gasteiger partial charge in [0.25, 0.3) is 0 Å². The number of hydrogen-bond donors (Lipinski definition) is 1. The molecule has 0 spiro atoms. The van der Waals surface area contributed by atoms with Gasteiger partial charge in [-0.2, -0.15) is 0 Å². The van der Waals surface area contributed by atoms with E-state index in [1.807, 2.05) is 0 Å². The molecule has 1 aliphatic heterocycles. The fraction of sp³-hybridized carbons (Fsp3) is 0.500. The fourth-order valence-electron chi connectivity index (χ4n) is 2.79. The molecule has 17 heavy (non-hydrogen) atoms. The van der Waals surface area contributed by atoms with Crippen LogP contribution in [0, 0.1) is 0 Å². The van der Waals surface area contributed by atoms with Gasteiger partial charge in [0, 0.05) is 12.4 Å². The molecule has 2 aliphatic rings. The second-order valence-electron chi connectivity index (χ2n) is 5.32. The predicted molar refractivity (Wildman–Crippen MR) is 67.1 cm³/mol. The average Bonchev–Trinajstić information content (AvgIpc) is 2.92. The highest BCUT2D eigenvalue weighted by atomic mass is 15.0. The Morgan fingerprint density at radius 3 is 2.88 bits per heavy atom. The molecule has 4 rings (SSSR count). The van der Waals surface area contributed by atoms with Gasteiger partial charge in [-0.3, -0.25) is 0 Å². The van der Waals surface area contributed by atoms with Crippen LogP contribution in [0.25, 0.3) is 5.65 Å². The Morgan fingerprint density at radius 1 is 1.18 bits per heavy atom. The zero-order valence-corrected chi connectivity index (χ0v) is 9.89. The molecule has 1 N–H and O–H groups in total. The molecule has 2 aromatic rings. The maximum atomic E-state index is 4.72. The SMILES string of the molecule is c1cc2nc([C@H]3CCCN3)cn2cc1C1CC1. The first kappa shape index (κ1) is 9.66. The Morgan fingerprint density at radius 2 is 2.12 bits per heavy atom. The van der Waals surface area contributed by atoms with Crippen molar-refractivity contribution in [3.8, 4) is 0 Å². The minimum absolute atomic E-state index is 0.472. The molecule has 0 aromatic carbocycles. The molecular formula is C14H17N3. The first-order valence-electron chi connectivity index (χ1n) is 6.62. The van der Waals surface area contributed by atoms with Crippen molar-refractivity contribution in [3.63, 3.8) is 0 Å². The molecule has 1 saturated heterocycles. The molecule has 3 heteroatoms. The van der Waals surface area contributed by atoms with E-state index in [-0.39, 0.29) is 0 Å². The van der Waals surface area contributed by atoms with E-state index in [0.29, 0.717) is 6.04 Å². The highest BCUT2D eigenvalue weighted by molar-refractivity contribution is 5.43. The number of pyridine rings is 1. The maximum absolute atomic E-state index is 4.72. The Hall–Kier alpha value is -1.35. The zero-order chi connectivity index (χ0) is 11.2. The molecule has 2 aromatic heterocycles. The number of imidazole rings is 1. The van der Waals surface area contributed by atoms with Gasteiger partial charge in [-0.05, 0) is 49.8 Å². The molecular weight excluding hydrogens is 210 g/mol. The van der Waals surface area contributed by atoms with E-state index >= 15 is 0 Å². The van der Waals surface area contributed by atoms with E-state index in [1.165, 1.54) is 36.9 Å². The summed E-state index contributed by atoms with van der Waals surface area (Å²) in [6.07, 6.45) is 9.67. The van der Waals surface area contributed by atoms with Crippen molar-refractivity contribution < 1.29 is 0 Å². The molecule has 1 aliphatic carbocycles. The molecule has 0 bridgehead atoms.